The highest BCUT2D eigenvalue weighted by Crippen LogP contribution is 2.45. The molecule has 5 rings (SSSR count). The third kappa shape index (κ3) is 4.13. The van der Waals surface area contributed by atoms with E-state index in [1.807, 2.05) is 55.1 Å². The van der Waals surface area contributed by atoms with E-state index in [1.165, 1.54) is 5.56 Å². The van der Waals surface area contributed by atoms with Crippen molar-refractivity contribution >= 4 is 5.91 Å². The fourth-order valence-corrected chi connectivity index (χ4v) is 5.10. The van der Waals surface area contributed by atoms with Crippen LogP contribution in [0.1, 0.15) is 56.8 Å². The number of phenolic OH excluding ortho intramolecular Hbond substituents is 1. The second-order valence-corrected chi connectivity index (χ2v) is 9.43. The first-order valence-corrected chi connectivity index (χ1v) is 12.3. The van der Waals surface area contributed by atoms with E-state index in [-0.39, 0.29) is 17.7 Å². The molecule has 0 radical (unpaired) electrons. The van der Waals surface area contributed by atoms with Gasteiger partial charge in [0, 0.05) is 17.7 Å². The standard InChI is InChI=1S/C30H31N3O3/c1-5-20-6-10-22(11-7-20)28-25-26(24-17-18(2)16-19(3)29(24)34)31-32-27(25)30(35)33(28)15-14-21-8-12-23(36-4)13-9-21/h6-13,16-17,28,34H,5,14-15H2,1-4H3,(H,31,32)/t28-/m0/s1. The number of benzene rings is 3. The van der Waals surface area contributed by atoms with Crippen LogP contribution >= 0.6 is 0 Å². The Morgan fingerprint density at radius 2 is 1.72 bits per heavy atom. The maximum atomic E-state index is 13.7. The number of aryl methyl sites for hydroxylation is 3. The topological polar surface area (TPSA) is 78.5 Å². The third-order valence-electron chi connectivity index (χ3n) is 7.07. The van der Waals surface area contributed by atoms with Crippen molar-refractivity contribution in [2.45, 2.75) is 39.7 Å². The molecule has 0 unspecified atom stereocenters. The molecular formula is C30H31N3O3. The van der Waals surface area contributed by atoms with Gasteiger partial charge in [0.15, 0.2) is 0 Å². The van der Waals surface area contributed by atoms with Crippen molar-refractivity contribution in [3.63, 3.8) is 0 Å². The minimum absolute atomic E-state index is 0.0781. The predicted octanol–water partition coefficient (Wildman–Crippen LogP) is 5.76. The van der Waals surface area contributed by atoms with Crippen molar-refractivity contribution in [3.05, 3.63) is 99.7 Å². The van der Waals surface area contributed by atoms with Crippen molar-refractivity contribution in [2.24, 2.45) is 0 Å². The molecule has 1 amide bonds. The first-order valence-electron chi connectivity index (χ1n) is 12.3. The number of rotatable bonds is 7. The Kier molecular flexibility index (Phi) is 6.27. The number of aromatic hydroxyl groups is 1. The highest BCUT2D eigenvalue weighted by molar-refractivity contribution is 6.00. The molecule has 0 saturated carbocycles. The zero-order valence-corrected chi connectivity index (χ0v) is 21.1. The van der Waals surface area contributed by atoms with E-state index in [0.717, 1.165) is 40.0 Å². The van der Waals surface area contributed by atoms with Crippen LogP contribution in [-0.4, -0.2) is 39.8 Å². The normalized spacial score (nSPS) is 14.8. The molecule has 2 N–H and O–H groups in total. The van der Waals surface area contributed by atoms with Crippen molar-refractivity contribution in [3.8, 4) is 22.8 Å². The van der Waals surface area contributed by atoms with Gasteiger partial charge in [-0.25, -0.2) is 0 Å². The van der Waals surface area contributed by atoms with Gasteiger partial charge in [0.25, 0.3) is 5.91 Å². The summed E-state index contributed by atoms with van der Waals surface area (Å²) >= 11 is 0. The first kappa shape index (κ1) is 23.7. The largest absolute Gasteiger partial charge is 0.507 e. The summed E-state index contributed by atoms with van der Waals surface area (Å²) in [6.07, 6.45) is 1.66. The molecule has 0 spiro atoms. The van der Waals surface area contributed by atoms with Gasteiger partial charge >= 0.3 is 0 Å². The molecule has 0 aliphatic carbocycles. The van der Waals surface area contributed by atoms with Crippen LogP contribution in [0.3, 0.4) is 0 Å². The Hall–Kier alpha value is -4.06. The number of carbonyl (C=O) groups excluding carboxylic acids is 1. The second kappa shape index (κ2) is 9.53. The van der Waals surface area contributed by atoms with E-state index in [4.69, 9.17) is 4.74 Å². The molecule has 1 aliphatic rings. The molecule has 1 atom stereocenters. The lowest BCUT2D eigenvalue weighted by Crippen LogP contribution is -2.31. The number of aromatic nitrogens is 2. The van der Waals surface area contributed by atoms with E-state index < -0.39 is 0 Å². The molecule has 3 aromatic carbocycles. The predicted molar refractivity (Wildman–Crippen MR) is 141 cm³/mol. The SMILES string of the molecule is CCc1ccc([C@H]2c3c(-c4cc(C)cc(C)c4O)n[nH]c3C(=O)N2CCc2ccc(OC)cc2)cc1. The number of ether oxygens (including phenoxy) is 1. The molecule has 6 nitrogen and oxygen atoms in total. The summed E-state index contributed by atoms with van der Waals surface area (Å²) in [6.45, 7) is 6.55. The maximum Gasteiger partial charge on any atom is 0.273 e. The average Bonchev–Trinajstić information content (AvgIpc) is 3.44. The molecule has 4 aromatic rings. The van der Waals surface area contributed by atoms with Gasteiger partial charge in [-0.2, -0.15) is 5.10 Å². The van der Waals surface area contributed by atoms with Crippen molar-refractivity contribution in [1.82, 2.24) is 15.1 Å². The molecule has 0 bridgehead atoms. The van der Waals surface area contributed by atoms with Gasteiger partial charge in [-0.05, 0) is 72.7 Å². The molecule has 184 valence electrons. The number of nitrogens with one attached hydrogen (secondary N) is 1. The zero-order valence-electron chi connectivity index (χ0n) is 21.1. The summed E-state index contributed by atoms with van der Waals surface area (Å²) < 4.78 is 5.28. The third-order valence-corrected chi connectivity index (χ3v) is 7.07. The van der Waals surface area contributed by atoms with Crippen LogP contribution in [0, 0.1) is 13.8 Å². The lowest BCUT2D eigenvalue weighted by Gasteiger charge is -2.27. The number of amides is 1. The van der Waals surface area contributed by atoms with Gasteiger partial charge in [-0.15, -0.1) is 0 Å². The number of methoxy groups -OCH3 is 1. The van der Waals surface area contributed by atoms with Gasteiger partial charge in [0.05, 0.1) is 13.2 Å². The smallest absolute Gasteiger partial charge is 0.273 e. The molecule has 1 aromatic heterocycles. The molecule has 2 heterocycles. The fraction of sp³-hybridized carbons (Fsp3) is 0.267. The van der Waals surface area contributed by atoms with Crippen molar-refractivity contribution in [1.29, 1.82) is 0 Å². The van der Waals surface area contributed by atoms with Gasteiger partial charge in [0.1, 0.15) is 22.9 Å². The van der Waals surface area contributed by atoms with Crippen LogP contribution in [0.5, 0.6) is 11.5 Å². The summed E-state index contributed by atoms with van der Waals surface area (Å²) in [5, 5.41) is 18.4. The Morgan fingerprint density at radius 1 is 1.03 bits per heavy atom. The molecule has 1 aliphatic heterocycles. The minimum Gasteiger partial charge on any atom is -0.507 e. The van der Waals surface area contributed by atoms with Gasteiger partial charge in [-0.1, -0.05) is 49.4 Å². The summed E-state index contributed by atoms with van der Waals surface area (Å²) in [5.41, 5.74) is 7.79. The van der Waals surface area contributed by atoms with E-state index in [9.17, 15) is 9.90 Å². The number of carbonyl (C=O) groups is 1. The summed E-state index contributed by atoms with van der Waals surface area (Å²) in [7, 11) is 1.65. The number of nitrogens with zero attached hydrogens (tertiary/aromatic N) is 2. The molecular weight excluding hydrogens is 450 g/mol. The van der Waals surface area contributed by atoms with Gasteiger partial charge < -0.3 is 14.7 Å². The quantitative estimate of drug-likeness (QED) is 0.352. The number of phenols is 1. The van der Waals surface area contributed by atoms with Gasteiger partial charge in [0.2, 0.25) is 0 Å². The summed E-state index contributed by atoms with van der Waals surface area (Å²) in [5.74, 6) is 0.925. The van der Waals surface area contributed by atoms with Crippen LogP contribution in [0.2, 0.25) is 0 Å². The minimum atomic E-state index is -0.300. The van der Waals surface area contributed by atoms with E-state index >= 15 is 0 Å². The Morgan fingerprint density at radius 3 is 2.39 bits per heavy atom. The second-order valence-electron chi connectivity index (χ2n) is 9.43. The summed E-state index contributed by atoms with van der Waals surface area (Å²) in [6, 6.07) is 20.0. The molecule has 36 heavy (non-hydrogen) atoms. The van der Waals surface area contributed by atoms with Crippen LogP contribution < -0.4 is 4.74 Å². The lowest BCUT2D eigenvalue weighted by atomic mass is 9.93. The monoisotopic (exact) mass is 481 g/mol. The average molecular weight is 482 g/mol. The number of hydrogen-bond donors (Lipinski definition) is 2. The molecule has 0 saturated heterocycles. The highest BCUT2D eigenvalue weighted by atomic mass is 16.5. The number of aromatic amines is 1. The van der Waals surface area contributed by atoms with Crippen molar-refractivity contribution < 1.29 is 14.6 Å². The van der Waals surface area contributed by atoms with Crippen LogP contribution in [-0.2, 0) is 12.8 Å². The number of H-pyrrole nitrogens is 1. The fourth-order valence-electron chi connectivity index (χ4n) is 5.10. The van der Waals surface area contributed by atoms with E-state index in [1.54, 1.807) is 7.11 Å². The number of hydrogen-bond acceptors (Lipinski definition) is 4. The highest BCUT2D eigenvalue weighted by Gasteiger charge is 2.42. The lowest BCUT2D eigenvalue weighted by molar-refractivity contribution is 0.0746. The van der Waals surface area contributed by atoms with Crippen molar-refractivity contribution in [2.75, 3.05) is 13.7 Å². The van der Waals surface area contributed by atoms with Gasteiger partial charge in [-0.3, -0.25) is 9.89 Å². The van der Waals surface area contributed by atoms with Crippen LogP contribution in [0.15, 0.2) is 60.7 Å². The number of fused-ring (bicyclic) bond motifs is 1. The maximum absolute atomic E-state index is 13.7. The Bertz CT molecular complexity index is 1400. The first-order chi connectivity index (χ1) is 17.4. The van der Waals surface area contributed by atoms with E-state index in [2.05, 4.69) is 41.4 Å². The Balaban J connectivity index is 1.57. The molecule has 6 heteroatoms. The van der Waals surface area contributed by atoms with Crippen LogP contribution in [0.4, 0.5) is 0 Å². The Labute approximate surface area is 211 Å². The zero-order chi connectivity index (χ0) is 25.4. The van der Waals surface area contributed by atoms with E-state index in [0.29, 0.717) is 29.9 Å². The van der Waals surface area contributed by atoms with Crippen LogP contribution in [0.25, 0.3) is 11.3 Å². The molecule has 0 fully saturated rings. The summed E-state index contributed by atoms with van der Waals surface area (Å²) in [4.78, 5) is 15.6.